The Balaban J connectivity index is 1.65. The molecule has 3 heterocycles. The zero-order chi connectivity index (χ0) is 29.4. The highest BCUT2D eigenvalue weighted by Crippen LogP contribution is 2.51. The number of nitro benzene ring substituents is 1. The quantitative estimate of drug-likeness (QED) is 0.136. The molecule has 41 heavy (non-hydrogen) atoms. The number of esters is 3. The summed E-state index contributed by atoms with van der Waals surface area (Å²) >= 11 is 1.26. The first kappa shape index (κ1) is 28.0. The SMILES string of the molecule is CC(=O)OC[C@@H](OC(C)=O)[C@H]1O[C@H]2[C@@H]([C@H]1OC(C)=O)[n+]1c(sc(-c3ccccc3)c1O)N2c1ccc([N+](=O)[O-])cc1. The van der Waals surface area contributed by atoms with Crippen LogP contribution in [0.5, 0.6) is 5.88 Å². The normalized spacial score (nSPS) is 21.5. The van der Waals surface area contributed by atoms with Crippen LogP contribution in [0.2, 0.25) is 0 Å². The Morgan fingerprint density at radius 3 is 2.34 bits per heavy atom. The number of non-ortho nitro benzene ring substituents is 1. The van der Waals surface area contributed by atoms with E-state index in [4.69, 9.17) is 18.9 Å². The van der Waals surface area contributed by atoms with Gasteiger partial charge < -0.3 is 24.1 Å². The zero-order valence-corrected chi connectivity index (χ0v) is 23.0. The summed E-state index contributed by atoms with van der Waals surface area (Å²) in [6.45, 7) is 3.24. The number of aromatic nitrogens is 1. The third-order valence-corrected chi connectivity index (χ3v) is 7.85. The summed E-state index contributed by atoms with van der Waals surface area (Å²) in [5, 5.41) is 23.3. The monoisotopic (exact) mass is 584 g/mol. The highest BCUT2D eigenvalue weighted by molar-refractivity contribution is 7.18. The van der Waals surface area contributed by atoms with Gasteiger partial charge in [-0.1, -0.05) is 30.3 Å². The maximum Gasteiger partial charge on any atom is 0.347 e. The van der Waals surface area contributed by atoms with Crippen molar-refractivity contribution in [2.75, 3.05) is 11.5 Å². The fraction of sp³-hybridized carbons (Fsp3) is 0.333. The Labute approximate surface area is 237 Å². The molecule has 13 nitrogen and oxygen atoms in total. The molecule has 0 saturated carbocycles. The van der Waals surface area contributed by atoms with Gasteiger partial charge in [-0.2, -0.15) is 9.47 Å². The summed E-state index contributed by atoms with van der Waals surface area (Å²) in [6.07, 6.45) is -4.24. The second kappa shape index (κ2) is 11.1. The van der Waals surface area contributed by atoms with Gasteiger partial charge >= 0.3 is 28.9 Å². The smallest absolute Gasteiger partial charge is 0.347 e. The van der Waals surface area contributed by atoms with Crippen molar-refractivity contribution in [3.05, 3.63) is 64.7 Å². The molecule has 0 spiro atoms. The van der Waals surface area contributed by atoms with Crippen molar-refractivity contribution in [1.29, 1.82) is 0 Å². The minimum absolute atomic E-state index is 0.110. The average Bonchev–Trinajstić information content (AvgIpc) is 3.54. The second-order valence-electron chi connectivity index (χ2n) is 9.42. The maximum atomic E-state index is 12.3. The molecule has 2 aliphatic rings. The number of fused-ring (bicyclic) bond motifs is 3. The number of ether oxygens (including phenoxy) is 4. The second-order valence-corrected chi connectivity index (χ2v) is 10.4. The van der Waals surface area contributed by atoms with Crippen LogP contribution in [-0.4, -0.2) is 59.1 Å². The zero-order valence-electron chi connectivity index (χ0n) is 22.2. The Morgan fingerprint density at radius 1 is 1.07 bits per heavy atom. The molecule has 5 atom stereocenters. The summed E-state index contributed by atoms with van der Waals surface area (Å²) in [6, 6.07) is 14.1. The van der Waals surface area contributed by atoms with Crippen LogP contribution in [0.3, 0.4) is 0 Å². The molecule has 1 N–H and O–H groups in total. The summed E-state index contributed by atoms with van der Waals surface area (Å²) in [4.78, 5) is 48.9. The number of thiazole rings is 1. The van der Waals surface area contributed by atoms with E-state index in [9.17, 15) is 29.6 Å². The van der Waals surface area contributed by atoms with Crippen LogP contribution < -0.4 is 9.47 Å². The minimum atomic E-state index is -1.15. The molecule has 3 aromatic rings. The van der Waals surface area contributed by atoms with E-state index in [1.54, 1.807) is 21.6 Å². The number of carbonyl (C=O) groups excluding carboxylic acids is 3. The van der Waals surface area contributed by atoms with Crippen LogP contribution in [0.25, 0.3) is 10.4 Å². The van der Waals surface area contributed by atoms with Crippen molar-refractivity contribution in [3.8, 4) is 16.3 Å². The van der Waals surface area contributed by atoms with E-state index in [1.165, 1.54) is 44.2 Å². The summed E-state index contributed by atoms with van der Waals surface area (Å²) in [5.74, 6) is -2.04. The van der Waals surface area contributed by atoms with Crippen molar-refractivity contribution in [1.82, 2.24) is 0 Å². The molecule has 0 unspecified atom stereocenters. The van der Waals surface area contributed by atoms with Crippen LogP contribution in [-0.2, 0) is 33.3 Å². The Kier molecular flexibility index (Phi) is 7.60. The van der Waals surface area contributed by atoms with Gasteiger partial charge in [0, 0.05) is 32.9 Å². The number of nitrogens with zero attached hydrogens (tertiary/aromatic N) is 3. The molecule has 2 aliphatic heterocycles. The van der Waals surface area contributed by atoms with Gasteiger partial charge in [0.25, 0.3) is 5.69 Å². The van der Waals surface area contributed by atoms with Gasteiger partial charge in [-0.15, -0.1) is 0 Å². The summed E-state index contributed by atoms with van der Waals surface area (Å²) < 4.78 is 24.3. The average molecular weight is 585 g/mol. The molecule has 0 amide bonds. The fourth-order valence-corrected chi connectivity index (χ4v) is 6.34. The molecule has 0 bridgehead atoms. The number of anilines is 2. The standard InChI is InChI=1S/C27H25N3O10S/c1-14(31)37-13-20(38-15(2)32)22-23(39-16(3)33)21-26(40-22)28(18-9-11-19(12-10-18)30(35)36)27-29(21)25(34)24(41-27)17-7-5-4-6-8-17/h4-12,20-23,26H,13H2,1-3H3/p+1/t20-,21-,22-,23-,26+/m1/s1. The molecular weight excluding hydrogens is 558 g/mol. The van der Waals surface area contributed by atoms with Gasteiger partial charge in [0.05, 0.1) is 4.92 Å². The lowest BCUT2D eigenvalue weighted by Crippen LogP contribution is -2.50. The first-order valence-electron chi connectivity index (χ1n) is 12.6. The molecule has 1 fully saturated rings. The molecule has 2 aromatic carbocycles. The van der Waals surface area contributed by atoms with Gasteiger partial charge in [-0.25, -0.2) is 0 Å². The van der Waals surface area contributed by atoms with Crippen LogP contribution in [0.15, 0.2) is 54.6 Å². The van der Waals surface area contributed by atoms with Crippen LogP contribution in [0.1, 0.15) is 26.8 Å². The largest absolute Gasteiger partial charge is 0.477 e. The Hall–Kier alpha value is -4.56. The Bertz CT molecular complexity index is 1490. The predicted molar refractivity (Wildman–Crippen MR) is 142 cm³/mol. The van der Waals surface area contributed by atoms with Gasteiger partial charge in [-0.05, 0) is 29.0 Å². The van der Waals surface area contributed by atoms with E-state index < -0.39 is 53.4 Å². The van der Waals surface area contributed by atoms with Crippen molar-refractivity contribution in [2.24, 2.45) is 0 Å². The molecule has 1 saturated heterocycles. The molecule has 214 valence electrons. The number of aromatic hydroxyl groups is 1. The number of nitro groups is 1. The third-order valence-electron chi connectivity index (χ3n) is 6.65. The lowest BCUT2D eigenvalue weighted by atomic mass is 10.0. The van der Waals surface area contributed by atoms with E-state index in [-0.39, 0.29) is 18.2 Å². The number of hydrogen-bond acceptors (Lipinski definition) is 12. The van der Waals surface area contributed by atoms with E-state index in [2.05, 4.69) is 0 Å². The number of rotatable bonds is 8. The molecule has 5 rings (SSSR count). The van der Waals surface area contributed by atoms with Crippen molar-refractivity contribution < 1.29 is 47.9 Å². The number of hydrogen-bond donors (Lipinski definition) is 1. The lowest BCUT2D eigenvalue weighted by molar-refractivity contribution is -0.707. The van der Waals surface area contributed by atoms with Crippen molar-refractivity contribution >= 4 is 45.8 Å². The third kappa shape index (κ3) is 5.30. The van der Waals surface area contributed by atoms with E-state index in [1.807, 2.05) is 30.3 Å². The summed E-state index contributed by atoms with van der Waals surface area (Å²) in [5.41, 5.74) is 1.13. The van der Waals surface area contributed by atoms with Crippen LogP contribution >= 0.6 is 11.3 Å². The van der Waals surface area contributed by atoms with Gasteiger partial charge in [-0.3, -0.25) is 24.5 Å². The first-order chi connectivity index (χ1) is 19.6. The van der Waals surface area contributed by atoms with E-state index >= 15 is 0 Å². The molecular formula is C27H26N3O10S+. The highest BCUT2D eigenvalue weighted by atomic mass is 32.1. The van der Waals surface area contributed by atoms with Crippen molar-refractivity contribution in [2.45, 2.75) is 51.4 Å². The van der Waals surface area contributed by atoms with E-state index in [0.29, 0.717) is 15.7 Å². The number of benzene rings is 2. The topological polar surface area (TPSA) is 159 Å². The van der Waals surface area contributed by atoms with Gasteiger partial charge in [0.15, 0.2) is 12.2 Å². The molecule has 1 aromatic heterocycles. The maximum absolute atomic E-state index is 12.3. The number of carbonyl (C=O) groups is 3. The lowest BCUT2D eigenvalue weighted by Gasteiger charge is -2.27. The van der Waals surface area contributed by atoms with Crippen LogP contribution in [0.4, 0.5) is 16.5 Å². The fourth-order valence-electron chi connectivity index (χ4n) is 5.10. The highest BCUT2D eigenvalue weighted by Gasteiger charge is 2.65. The van der Waals surface area contributed by atoms with Gasteiger partial charge in [0.2, 0.25) is 12.3 Å². The first-order valence-corrected chi connectivity index (χ1v) is 13.4. The molecule has 14 heteroatoms. The Morgan fingerprint density at radius 2 is 1.76 bits per heavy atom. The summed E-state index contributed by atoms with van der Waals surface area (Å²) in [7, 11) is 0. The van der Waals surface area contributed by atoms with Crippen molar-refractivity contribution in [3.63, 3.8) is 0 Å². The van der Waals surface area contributed by atoms with Gasteiger partial charge in [0.1, 0.15) is 23.3 Å². The predicted octanol–water partition coefficient (Wildman–Crippen LogP) is 3.16. The van der Waals surface area contributed by atoms with Crippen LogP contribution in [0, 0.1) is 10.1 Å². The van der Waals surface area contributed by atoms with E-state index in [0.717, 1.165) is 5.56 Å². The molecule has 0 aliphatic carbocycles. The molecule has 0 radical (unpaired) electrons. The minimum Gasteiger partial charge on any atom is -0.477 e.